The molecular weight excluding hydrogens is 461 g/mol. The van der Waals surface area contributed by atoms with E-state index in [9.17, 15) is 18.0 Å². The van der Waals surface area contributed by atoms with Crippen LogP contribution in [-0.2, 0) is 0 Å². The lowest BCUT2D eigenvalue weighted by Gasteiger charge is -2.28. The fraction of sp³-hybridized carbons (Fsp3) is 0.452. The van der Waals surface area contributed by atoms with E-state index in [2.05, 4.69) is 13.8 Å². The van der Waals surface area contributed by atoms with Gasteiger partial charge in [0.1, 0.15) is 5.83 Å². The van der Waals surface area contributed by atoms with Gasteiger partial charge in [0.2, 0.25) is 5.82 Å². The Morgan fingerprint density at radius 1 is 0.944 bits per heavy atom. The summed E-state index contributed by atoms with van der Waals surface area (Å²) >= 11 is 0. The van der Waals surface area contributed by atoms with E-state index in [-0.39, 0.29) is 23.2 Å². The Labute approximate surface area is 212 Å². The summed E-state index contributed by atoms with van der Waals surface area (Å²) in [5.74, 6) is -2.66. The molecule has 0 saturated heterocycles. The van der Waals surface area contributed by atoms with Crippen LogP contribution in [0.3, 0.4) is 0 Å². The van der Waals surface area contributed by atoms with Crippen molar-refractivity contribution < 1.29 is 22.7 Å². The Morgan fingerprint density at radius 2 is 1.67 bits per heavy atom. The molecule has 0 heterocycles. The van der Waals surface area contributed by atoms with Crippen molar-refractivity contribution in [1.29, 1.82) is 0 Å². The van der Waals surface area contributed by atoms with Crippen molar-refractivity contribution in [2.75, 3.05) is 0 Å². The van der Waals surface area contributed by atoms with Crippen LogP contribution in [0.25, 0.3) is 5.57 Å². The Balaban J connectivity index is 1.41. The molecule has 2 aliphatic carbocycles. The number of ether oxygens (including phenoxy) is 1. The minimum atomic E-state index is -1.13. The number of benzene rings is 2. The van der Waals surface area contributed by atoms with Gasteiger partial charge in [-0.15, -0.1) is 0 Å². The van der Waals surface area contributed by atoms with Gasteiger partial charge in [0.25, 0.3) is 0 Å². The zero-order valence-electron chi connectivity index (χ0n) is 21.2. The van der Waals surface area contributed by atoms with Crippen LogP contribution < -0.4 is 4.74 Å². The summed E-state index contributed by atoms with van der Waals surface area (Å²) in [7, 11) is 0. The molecule has 2 aromatic rings. The highest BCUT2D eigenvalue weighted by Gasteiger charge is 2.27. The van der Waals surface area contributed by atoms with E-state index in [1.807, 2.05) is 6.08 Å². The lowest BCUT2D eigenvalue weighted by Crippen LogP contribution is -2.15. The molecule has 0 amide bonds. The standard InChI is InChI=1S/C31H35F3O2/c1-3-5-6-21-9-16-25(27(32)19-21)22-12-14-24(15-13-22)31(35)36-28-18-17-26(29(33)30(28)34)23-10-7-20(4-2)8-11-23/h12-21,23H,3-11H2,1-2H3. The molecule has 1 saturated carbocycles. The van der Waals surface area contributed by atoms with Gasteiger partial charge in [0, 0.05) is 5.57 Å². The molecule has 0 radical (unpaired) electrons. The van der Waals surface area contributed by atoms with Crippen LogP contribution in [0.15, 0.2) is 54.4 Å². The van der Waals surface area contributed by atoms with Gasteiger partial charge < -0.3 is 4.74 Å². The first kappa shape index (κ1) is 26.2. The van der Waals surface area contributed by atoms with Gasteiger partial charge in [0.15, 0.2) is 11.6 Å². The SMILES string of the molecule is CCCCC1C=C(F)C(c2ccc(C(=O)Oc3ccc(C4CCC(CC)CC4)c(F)c3F)cc2)=CC1. The van der Waals surface area contributed by atoms with E-state index in [0.29, 0.717) is 22.6 Å². The second kappa shape index (κ2) is 11.9. The zero-order valence-corrected chi connectivity index (χ0v) is 21.2. The van der Waals surface area contributed by atoms with Gasteiger partial charge in [-0.2, -0.15) is 4.39 Å². The maximum atomic E-state index is 14.9. The van der Waals surface area contributed by atoms with Crippen LogP contribution in [0.4, 0.5) is 13.2 Å². The summed E-state index contributed by atoms with van der Waals surface area (Å²) in [5, 5.41) is 0. The molecule has 1 fully saturated rings. The van der Waals surface area contributed by atoms with Crippen molar-refractivity contribution in [2.45, 2.75) is 77.6 Å². The van der Waals surface area contributed by atoms with E-state index in [1.165, 1.54) is 18.2 Å². The third kappa shape index (κ3) is 5.93. The fourth-order valence-corrected chi connectivity index (χ4v) is 5.42. The van der Waals surface area contributed by atoms with Crippen molar-refractivity contribution in [2.24, 2.45) is 11.8 Å². The normalized spacial score (nSPS) is 22.1. The molecule has 0 aromatic heterocycles. The monoisotopic (exact) mass is 496 g/mol. The van der Waals surface area contributed by atoms with Crippen LogP contribution in [0.5, 0.6) is 5.75 Å². The molecule has 4 rings (SSSR count). The van der Waals surface area contributed by atoms with Crippen molar-refractivity contribution in [3.05, 3.63) is 82.7 Å². The maximum absolute atomic E-state index is 14.9. The first-order valence-electron chi connectivity index (χ1n) is 13.3. The maximum Gasteiger partial charge on any atom is 0.343 e. The molecule has 0 aliphatic heterocycles. The highest BCUT2D eigenvalue weighted by molar-refractivity contribution is 5.92. The average Bonchev–Trinajstić information content (AvgIpc) is 2.90. The summed E-state index contributed by atoms with van der Waals surface area (Å²) in [5.41, 5.74) is 1.72. The van der Waals surface area contributed by atoms with Gasteiger partial charge in [-0.3, -0.25) is 0 Å². The third-order valence-electron chi connectivity index (χ3n) is 7.77. The quantitative estimate of drug-likeness (QED) is 0.269. The number of halogens is 3. The molecular formula is C31H35F3O2. The van der Waals surface area contributed by atoms with Crippen molar-refractivity contribution in [1.82, 2.24) is 0 Å². The predicted octanol–water partition coefficient (Wildman–Crippen LogP) is 9.31. The van der Waals surface area contributed by atoms with Gasteiger partial charge >= 0.3 is 5.97 Å². The Hall–Kier alpha value is -2.82. The number of hydrogen-bond donors (Lipinski definition) is 0. The van der Waals surface area contributed by atoms with Crippen LogP contribution in [0, 0.1) is 23.5 Å². The molecule has 2 nitrogen and oxygen atoms in total. The predicted molar refractivity (Wildman–Crippen MR) is 138 cm³/mol. The highest BCUT2D eigenvalue weighted by atomic mass is 19.2. The van der Waals surface area contributed by atoms with Crippen molar-refractivity contribution >= 4 is 11.5 Å². The fourth-order valence-electron chi connectivity index (χ4n) is 5.42. The second-order valence-corrected chi connectivity index (χ2v) is 10.1. The largest absolute Gasteiger partial charge is 0.420 e. The first-order chi connectivity index (χ1) is 17.4. The summed E-state index contributed by atoms with van der Waals surface area (Å²) in [6.07, 6.45) is 12.3. The molecule has 2 aromatic carbocycles. The Kier molecular flexibility index (Phi) is 8.71. The smallest absolute Gasteiger partial charge is 0.343 e. The lowest BCUT2D eigenvalue weighted by atomic mass is 9.77. The lowest BCUT2D eigenvalue weighted by molar-refractivity contribution is 0.0726. The summed E-state index contributed by atoms with van der Waals surface area (Å²) in [4.78, 5) is 12.6. The zero-order chi connectivity index (χ0) is 25.7. The van der Waals surface area contributed by atoms with E-state index < -0.39 is 23.4 Å². The van der Waals surface area contributed by atoms with E-state index in [4.69, 9.17) is 4.74 Å². The Morgan fingerprint density at radius 3 is 2.31 bits per heavy atom. The van der Waals surface area contributed by atoms with Gasteiger partial charge in [-0.05, 0) is 91.7 Å². The molecule has 0 bridgehead atoms. The first-order valence-corrected chi connectivity index (χ1v) is 13.3. The molecule has 2 aliphatic rings. The van der Waals surface area contributed by atoms with E-state index in [0.717, 1.165) is 57.8 Å². The molecule has 1 atom stereocenters. The van der Waals surface area contributed by atoms with Crippen LogP contribution >= 0.6 is 0 Å². The van der Waals surface area contributed by atoms with Crippen LogP contribution in [0.1, 0.15) is 99.0 Å². The molecule has 1 unspecified atom stereocenters. The molecule has 0 spiro atoms. The minimum Gasteiger partial charge on any atom is -0.420 e. The van der Waals surface area contributed by atoms with Gasteiger partial charge in [-0.25, -0.2) is 13.6 Å². The summed E-state index contributed by atoms with van der Waals surface area (Å²) in [6.45, 7) is 4.28. The average molecular weight is 497 g/mol. The topological polar surface area (TPSA) is 26.3 Å². The highest BCUT2D eigenvalue weighted by Crippen LogP contribution is 2.39. The summed E-state index contributed by atoms with van der Waals surface area (Å²) < 4.78 is 49.5. The number of rotatable bonds is 8. The van der Waals surface area contributed by atoms with Crippen molar-refractivity contribution in [3.63, 3.8) is 0 Å². The molecule has 36 heavy (non-hydrogen) atoms. The number of esters is 1. The molecule has 0 N–H and O–H groups in total. The Bertz CT molecular complexity index is 1130. The van der Waals surface area contributed by atoms with Crippen LogP contribution in [-0.4, -0.2) is 5.97 Å². The molecule has 5 heteroatoms. The molecule has 192 valence electrons. The van der Waals surface area contributed by atoms with E-state index in [1.54, 1.807) is 24.3 Å². The van der Waals surface area contributed by atoms with E-state index >= 15 is 0 Å². The number of carbonyl (C=O) groups is 1. The number of allylic oxidation sites excluding steroid dienone is 4. The van der Waals surface area contributed by atoms with Crippen LogP contribution in [0.2, 0.25) is 0 Å². The summed E-state index contributed by atoms with van der Waals surface area (Å²) in [6, 6.07) is 9.21. The number of carbonyl (C=O) groups excluding carboxylic acids is 1. The van der Waals surface area contributed by atoms with Crippen molar-refractivity contribution in [3.8, 4) is 5.75 Å². The number of hydrogen-bond acceptors (Lipinski definition) is 2. The third-order valence-corrected chi connectivity index (χ3v) is 7.77. The second-order valence-electron chi connectivity index (χ2n) is 10.1. The van der Waals surface area contributed by atoms with Gasteiger partial charge in [-0.1, -0.05) is 57.4 Å². The minimum absolute atomic E-state index is 0.00921. The van der Waals surface area contributed by atoms with Gasteiger partial charge in [0.05, 0.1) is 5.56 Å². The number of unbranched alkanes of at least 4 members (excludes halogenated alkanes) is 1.